The number of hydrogen-bond donors (Lipinski definition) is 2. The van der Waals surface area contributed by atoms with Crippen molar-refractivity contribution in [3.63, 3.8) is 0 Å². The second-order valence-electron chi connectivity index (χ2n) is 6.88. The molecule has 2 fully saturated rings. The van der Waals surface area contributed by atoms with Gasteiger partial charge in [-0.05, 0) is 13.3 Å². The highest BCUT2D eigenvalue weighted by atomic mass is 16.7. The minimum atomic E-state index is -0.246. The van der Waals surface area contributed by atoms with Gasteiger partial charge in [0.25, 0.3) is 0 Å². The lowest BCUT2D eigenvalue weighted by Gasteiger charge is -2.39. The highest BCUT2D eigenvalue weighted by Gasteiger charge is 2.36. The summed E-state index contributed by atoms with van der Waals surface area (Å²) in [6, 6.07) is -0.0254. The highest BCUT2D eigenvalue weighted by Crippen LogP contribution is 2.32. The number of carbonyl (C=O) groups is 2. The first-order valence-corrected chi connectivity index (χ1v) is 8.93. The van der Waals surface area contributed by atoms with Crippen LogP contribution >= 0.6 is 0 Å². The van der Waals surface area contributed by atoms with Crippen molar-refractivity contribution in [3.05, 3.63) is 12.0 Å². The molecular weight excluding hydrogens is 354 g/mol. The number of carbonyl (C=O) groups excluding carboxylic acids is 2. The zero-order chi connectivity index (χ0) is 19.4. The van der Waals surface area contributed by atoms with E-state index in [-0.39, 0.29) is 42.8 Å². The Kier molecular flexibility index (Phi) is 6.19. The van der Waals surface area contributed by atoms with Gasteiger partial charge in [-0.15, -0.1) is 0 Å². The number of fused-ring (bicyclic) bond motifs is 1. The van der Waals surface area contributed by atoms with Crippen molar-refractivity contribution in [2.75, 3.05) is 20.0 Å². The molecule has 10 heteroatoms. The number of aliphatic imine (C=N–C) groups is 1. The van der Waals surface area contributed by atoms with Crippen LogP contribution < -0.4 is 10.6 Å². The molecule has 0 aliphatic carbocycles. The Labute approximate surface area is 157 Å². The van der Waals surface area contributed by atoms with Crippen LogP contribution in [0.4, 0.5) is 5.82 Å². The SMILES string of the molecule is Cc1ncn(C2COC3COCOC3C2)c1/N=C(\NC=O)NC(=O)C(C)C. The smallest absolute Gasteiger partial charge is 0.229 e. The average molecular weight is 379 g/mol. The first kappa shape index (κ1) is 19.5. The summed E-state index contributed by atoms with van der Waals surface area (Å²) in [5.41, 5.74) is 0.675. The fourth-order valence-electron chi connectivity index (χ4n) is 3.03. The molecule has 0 radical (unpaired) electrons. The summed E-state index contributed by atoms with van der Waals surface area (Å²) < 4.78 is 18.7. The molecule has 2 aliphatic rings. The Morgan fingerprint density at radius 3 is 2.93 bits per heavy atom. The lowest BCUT2D eigenvalue weighted by molar-refractivity contribution is -0.231. The van der Waals surface area contributed by atoms with E-state index in [9.17, 15) is 9.59 Å². The van der Waals surface area contributed by atoms with E-state index in [1.165, 1.54) is 0 Å². The number of amides is 2. The van der Waals surface area contributed by atoms with Crippen LogP contribution in [0.1, 0.15) is 32.0 Å². The zero-order valence-corrected chi connectivity index (χ0v) is 15.7. The van der Waals surface area contributed by atoms with E-state index in [0.717, 1.165) is 6.42 Å². The number of nitrogens with zero attached hydrogens (tertiary/aromatic N) is 3. The molecule has 27 heavy (non-hydrogen) atoms. The number of imidazole rings is 1. The van der Waals surface area contributed by atoms with Crippen LogP contribution in [0.25, 0.3) is 0 Å². The number of nitrogens with one attached hydrogen (secondary N) is 2. The molecule has 2 saturated heterocycles. The number of aryl methyl sites for hydroxylation is 1. The van der Waals surface area contributed by atoms with Crippen molar-refractivity contribution in [3.8, 4) is 0 Å². The molecule has 1 aromatic heterocycles. The molecule has 2 amide bonds. The number of rotatable bonds is 4. The lowest BCUT2D eigenvalue weighted by Crippen LogP contribution is -2.47. The maximum Gasteiger partial charge on any atom is 0.229 e. The standard InChI is InChI=1S/C17H25N5O5/c1-10(2)16(24)21-17(19-8-23)20-15-11(3)18-7-22(15)12-4-13-14(26-5-12)6-25-9-27-13/h7-8,10,12-14H,4-6,9H2,1-3H3,(H2,19,20,21,23,24). The molecule has 0 saturated carbocycles. The topological polar surface area (TPSA) is 116 Å². The summed E-state index contributed by atoms with van der Waals surface area (Å²) in [4.78, 5) is 31.6. The summed E-state index contributed by atoms with van der Waals surface area (Å²) in [7, 11) is 0. The van der Waals surface area contributed by atoms with Crippen LogP contribution in [-0.2, 0) is 23.8 Å². The molecule has 3 atom stereocenters. The molecule has 10 nitrogen and oxygen atoms in total. The molecule has 1 aromatic rings. The summed E-state index contributed by atoms with van der Waals surface area (Å²) >= 11 is 0. The van der Waals surface area contributed by atoms with Gasteiger partial charge in [-0.2, -0.15) is 4.99 Å². The zero-order valence-electron chi connectivity index (χ0n) is 15.7. The molecule has 0 aromatic carbocycles. The van der Waals surface area contributed by atoms with E-state index in [4.69, 9.17) is 14.2 Å². The van der Waals surface area contributed by atoms with Crippen molar-refractivity contribution in [2.45, 2.75) is 45.4 Å². The maximum absolute atomic E-state index is 12.0. The minimum Gasteiger partial charge on any atom is -0.371 e. The highest BCUT2D eigenvalue weighted by molar-refractivity contribution is 6.02. The van der Waals surface area contributed by atoms with Crippen LogP contribution in [0, 0.1) is 12.8 Å². The Bertz CT molecular complexity index is 717. The third-order valence-corrected chi connectivity index (χ3v) is 4.59. The van der Waals surface area contributed by atoms with Gasteiger partial charge in [-0.3, -0.25) is 20.2 Å². The van der Waals surface area contributed by atoms with Gasteiger partial charge < -0.3 is 18.8 Å². The van der Waals surface area contributed by atoms with Gasteiger partial charge in [0, 0.05) is 5.92 Å². The van der Waals surface area contributed by atoms with Gasteiger partial charge in [-0.1, -0.05) is 13.8 Å². The first-order valence-electron chi connectivity index (χ1n) is 8.93. The summed E-state index contributed by atoms with van der Waals surface area (Å²) in [6.45, 7) is 6.59. The third-order valence-electron chi connectivity index (χ3n) is 4.59. The van der Waals surface area contributed by atoms with Crippen molar-refractivity contribution in [1.82, 2.24) is 20.2 Å². The van der Waals surface area contributed by atoms with Gasteiger partial charge in [0.2, 0.25) is 18.3 Å². The van der Waals surface area contributed by atoms with E-state index in [1.54, 1.807) is 20.2 Å². The molecule has 3 unspecified atom stereocenters. The van der Waals surface area contributed by atoms with Gasteiger partial charge in [0.1, 0.15) is 12.9 Å². The quantitative estimate of drug-likeness (QED) is 0.444. The van der Waals surface area contributed by atoms with Crippen molar-refractivity contribution in [2.24, 2.45) is 10.9 Å². The van der Waals surface area contributed by atoms with Crippen LogP contribution in [-0.4, -0.2) is 60.0 Å². The van der Waals surface area contributed by atoms with Crippen LogP contribution in [0.3, 0.4) is 0 Å². The summed E-state index contributed by atoms with van der Waals surface area (Å²) in [6.07, 6.45) is 2.78. The van der Waals surface area contributed by atoms with E-state index < -0.39 is 0 Å². The number of ether oxygens (including phenoxy) is 3. The predicted octanol–water partition coefficient (Wildman–Crippen LogP) is 0.400. The van der Waals surface area contributed by atoms with Gasteiger partial charge >= 0.3 is 0 Å². The van der Waals surface area contributed by atoms with E-state index in [2.05, 4.69) is 20.6 Å². The van der Waals surface area contributed by atoms with Crippen LogP contribution in [0.15, 0.2) is 11.3 Å². The molecule has 0 spiro atoms. The summed E-state index contributed by atoms with van der Waals surface area (Å²) in [5.74, 6) is 0.114. The second-order valence-corrected chi connectivity index (χ2v) is 6.88. The lowest BCUT2D eigenvalue weighted by atomic mass is 10.0. The molecule has 3 rings (SSSR count). The predicted molar refractivity (Wildman–Crippen MR) is 95.3 cm³/mol. The first-order chi connectivity index (χ1) is 13.0. The molecule has 148 valence electrons. The Balaban J connectivity index is 1.82. The monoisotopic (exact) mass is 379 g/mol. The molecule has 2 aliphatic heterocycles. The van der Waals surface area contributed by atoms with Gasteiger partial charge in [0.05, 0.1) is 37.4 Å². The van der Waals surface area contributed by atoms with Crippen LogP contribution in [0.2, 0.25) is 0 Å². The van der Waals surface area contributed by atoms with Gasteiger partial charge in [-0.25, -0.2) is 4.98 Å². The molecule has 3 heterocycles. The van der Waals surface area contributed by atoms with Gasteiger partial charge in [0.15, 0.2) is 5.82 Å². The number of hydrogen-bond acceptors (Lipinski definition) is 7. The molecule has 0 bridgehead atoms. The fourth-order valence-corrected chi connectivity index (χ4v) is 3.03. The minimum absolute atomic E-state index is 0.0254. The largest absolute Gasteiger partial charge is 0.371 e. The maximum atomic E-state index is 12.0. The van der Waals surface area contributed by atoms with E-state index >= 15 is 0 Å². The number of guanidine groups is 1. The van der Waals surface area contributed by atoms with Crippen molar-refractivity contribution in [1.29, 1.82) is 0 Å². The van der Waals surface area contributed by atoms with Crippen molar-refractivity contribution < 1.29 is 23.8 Å². The fraction of sp³-hybridized carbons (Fsp3) is 0.647. The number of aromatic nitrogens is 2. The second kappa shape index (κ2) is 8.59. The Hall–Kier alpha value is -2.30. The van der Waals surface area contributed by atoms with Crippen molar-refractivity contribution >= 4 is 24.1 Å². The van der Waals surface area contributed by atoms with Crippen LogP contribution in [0.5, 0.6) is 0 Å². The van der Waals surface area contributed by atoms with E-state index in [0.29, 0.717) is 31.1 Å². The molecular formula is C17H25N5O5. The Morgan fingerprint density at radius 2 is 2.19 bits per heavy atom. The van der Waals surface area contributed by atoms with E-state index in [1.807, 2.05) is 11.5 Å². The summed E-state index contributed by atoms with van der Waals surface area (Å²) in [5, 5.41) is 5.05. The molecule has 2 N–H and O–H groups in total. The average Bonchev–Trinajstić information content (AvgIpc) is 3.02. The normalized spacial score (nSPS) is 25.8. The Morgan fingerprint density at radius 1 is 1.37 bits per heavy atom. The third kappa shape index (κ3) is 4.52.